The monoisotopic (exact) mass is 421 g/mol. The van der Waals surface area contributed by atoms with Gasteiger partial charge in [0.1, 0.15) is 15.2 Å². The van der Waals surface area contributed by atoms with E-state index >= 15 is 0 Å². The van der Waals surface area contributed by atoms with E-state index in [9.17, 15) is 27.1 Å². The lowest BCUT2D eigenvalue weighted by atomic mass is 9.62. The quantitative estimate of drug-likeness (QED) is 0.432. The summed E-state index contributed by atoms with van der Waals surface area (Å²) in [4.78, 5) is 0. The Labute approximate surface area is 131 Å². The molecule has 2 rings (SSSR count). The van der Waals surface area contributed by atoms with Crippen molar-refractivity contribution in [2.75, 3.05) is 0 Å². The van der Waals surface area contributed by atoms with Gasteiger partial charge in [0.2, 0.25) is 0 Å². The molecule has 0 amide bonds. The highest BCUT2D eigenvalue weighted by Crippen LogP contribution is 2.57. The normalized spacial score (nSPS) is 30.9. The summed E-state index contributed by atoms with van der Waals surface area (Å²) in [5.41, 5.74) is 3.23. The Bertz CT molecular complexity index is 564. The molecule has 1 saturated carbocycles. The van der Waals surface area contributed by atoms with Crippen LogP contribution in [0.1, 0.15) is 36.9 Å². The van der Waals surface area contributed by atoms with Crippen molar-refractivity contribution in [3.8, 4) is 0 Å². The van der Waals surface area contributed by atoms with Crippen molar-refractivity contribution in [3.63, 3.8) is 0 Å². The molecule has 0 aromatic heterocycles. The zero-order valence-corrected chi connectivity index (χ0v) is 13.1. The van der Waals surface area contributed by atoms with Gasteiger partial charge in [0.05, 0.1) is 5.56 Å². The van der Waals surface area contributed by atoms with Gasteiger partial charge < -0.3 is 10.8 Å². The number of aliphatic hydroxyl groups is 1. The van der Waals surface area contributed by atoms with Crippen LogP contribution in [0.3, 0.4) is 0 Å². The van der Waals surface area contributed by atoms with Crippen LogP contribution < -0.4 is 5.73 Å². The van der Waals surface area contributed by atoms with Crippen LogP contribution in [0.2, 0.25) is 0 Å². The largest absolute Gasteiger partial charge is 0.419 e. The van der Waals surface area contributed by atoms with E-state index in [0.717, 1.165) is 0 Å². The van der Waals surface area contributed by atoms with Gasteiger partial charge in [-0.25, -0.2) is 8.78 Å². The molecule has 21 heavy (non-hydrogen) atoms. The zero-order chi connectivity index (χ0) is 16.2. The first-order valence-corrected chi connectivity index (χ1v) is 7.17. The molecular formula is C13H13F5INO. The molecule has 1 atom stereocenters. The first-order valence-electron chi connectivity index (χ1n) is 6.09. The predicted molar refractivity (Wildman–Crippen MR) is 74.6 cm³/mol. The molecule has 3 N–H and O–H groups in total. The van der Waals surface area contributed by atoms with E-state index in [4.69, 9.17) is 5.73 Å². The van der Waals surface area contributed by atoms with Crippen LogP contribution in [0.4, 0.5) is 22.0 Å². The summed E-state index contributed by atoms with van der Waals surface area (Å²) in [5.74, 6) is -2.75. The highest BCUT2D eigenvalue weighted by molar-refractivity contribution is 14.1. The minimum absolute atomic E-state index is 0.128. The molecule has 118 valence electrons. The van der Waals surface area contributed by atoms with E-state index in [-0.39, 0.29) is 24.5 Å². The summed E-state index contributed by atoms with van der Waals surface area (Å²) in [6, 6.07) is -0.370. The summed E-state index contributed by atoms with van der Waals surface area (Å²) >= 11 is 1.82. The summed E-state index contributed by atoms with van der Waals surface area (Å²) in [5, 5.41) is 9.73. The Morgan fingerprint density at radius 1 is 1.24 bits per heavy atom. The van der Waals surface area contributed by atoms with E-state index < -0.39 is 38.4 Å². The van der Waals surface area contributed by atoms with Gasteiger partial charge in [0.25, 0.3) is 0 Å². The molecule has 0 unspecified atom stereocenters. The van der Waals surface area contributed by atoms with Gasteiger partial charge in [-0.2, -0.15) is 13.2 Å². The Morgan fingerprint density at radius 3 is 2.19 bits per heavy atom. The van der Waals surface area contributed by atoms with E-state index in [2.05, 4.69) is 0 Å². The first-order chi connectivity index (χ1) is 9.36. The van der Waals surface area contributed by atoms with Gasteiger partial charge in [-0.3, -0.25) is 0 Å². The molecule has 1 aromatic carbocycles. The molecule has 1 aliphatic carbocycles. The minimum atomic E-state index is -4.96. The lowest BCUT2D eigenvalue weighted by Crippen LogP contribution is -2.51. The lowest BCUT2D eigenvalue weighted by Gasteiger charge is -2.51. The second-order valence-electron chi connectivity index (χ2n) is 5.75. The zero-order valence-electron chi connectivity index (χ0n) is 10.9. The van der Waals surface area contributed by atoms with Crippen LogP contribution in [-0.2, 0) is 6.18 Å². The standard InChI is InChI=1S/C13H13F5INO/c1-11(4-12(19,21)5-11)10(20)6-2-9(15)7(3-8(6)14)13(16,17)18/h2-3,10,21H,4-5,20H2,1H3/t10-,11?,12?/m0/s1. The average Bonchev–Trinajstić information content (AvgIpc) is 2.26. The highest BCUT2D eigenvalue weighted by atomic mass is 127. The van der Waals surface area contributed by atoms with Gasteiger partial charge in [-0.15, -0.1) is 0 Å². The summed E-state index contributed by atoms with van der Waals surface area (Å²) in [7, 11) is 0. The van der Waals surface area contributed by atoms with E-state index in [1.54, 1.807) is 6.92 Å². The number of benzene rings is 1. The van der Waals surface area contributed by atoms with Crippen LogP contribution in [0.15, 0.2) is 12.1 Å². The number of halogens is 6. The number of nitrogens with two attached hydrogens (primary N) is 1. The van der Waals surface area contributed by atoms with E-state index in [1.807, 2.05) is 22.6 Å². The van der Waals surface area contributed by atoms with Crippen molar-refractivity contribution in [1.29, 1.82) is 0 Å². The number of hydrogen-bond donors (Lipinski definition) is 2. The molecule has 0 spiro atoms. The summed E-state index contributed by atoms with van der Waals surface area (Å²) < 4.78 is 64.0. The molecule has 8 heteroatoms. The maximum Gasteiger partial charge on any atom is 0.419 e. The van der Waals surface area contributed by atoms with Gasteiger partial charge in [0, 0.05) is 11.6 Å². The van der Waals surface area contributed by atoms with Crippen LogP contribution in [0, 0.1) is 17.0 Å². The van der Waals surface area contributed by atoms with E-state index in [0.29, 0.717) is 6.07 Å². The number of alkyl halides is 4. The lowest BCUT2D eigenvalue weighted by molar-refractivity contribution is -0.140. The van der Waals surface area contributed by atoms with Crippen molar-refractivity contribution in [2.45, 2.75) is 35.6 Å². The fourth-order valence-electron chi connectivity index (χ4n) is 2.80. The van der Waals surface area contributed by atoms with Crippen LogP contribution in [0.25, 0.3) is 0 Å². The van der Waals surface area contributed by atoms with Gasteiger partial charge in [-0.1, -0.05) is 6.92 Å². The van der Waals surface area contributed by atoms with Gasteiger partial charge in [0.15, 0.2) is 0 Å². The highest BCUT2D eigenvalue weighted by Gasteiger charge is 2.53. The van der Waals surface area contributed by atoms with Crippen LogP contribution >= 0.6 is 22.6 Å². The second-order valence-corrected chi connectivity index (χ2v) is 7.76. The summed E-state index contributed by atoms with van der Waals surface area (Å²) in [6.45, 7) is 1.68. The maximum atomic E-state index is 13.9. The molecule has 2 nitrogen and oxygen atoms in total. The topological polar surface area (TPSA) is 46.2 Å². The van der Waals surface area contributed by atoms with Crippen molar-refractivity contribution >= 4 is 22.6 Å². The fourth-order valence-corrected chi connectivity index (χ4v) is 4.54. The first kappa shape index (κ1) is 16.9. The Morgan fingerprint density at radius 2 is 1.76 bits per heavy atom. The van der Waals surface area contributed by atoms with Gasteiger partial charge in [-0.05, 0) is 53.0 Å². The third-order valence-corrected chi connectivity index (χ3v) is 4.59. The molecule has 0 saturated heterocycles. The van der Waals surface area contributed by atoms with Crippen molar-refractivity contribution in [2.24, 2.45) is 11.1 Å². The van der Waals surface area contributed by atoms with Crippen molar-refractivity contribution in [3.05, 3.63) is 34.9 Å². The average molecular weight is 421 g/mol. The molecular weight excluding hydrogens is 408 g/mol. The van der Waals surface area contributed by atoms with Crippen molar-refractivity contribution in [1.82, 2.24) is 0 Å². The number of rotatable bonds is 2. The van der Waals surface area contributed by atoms with Crippen LogP contribution in [-0.4, -0.2) is 8.71 Å². The molecule has 0 heterocycles. The molecule has 1 aliphatic rings. The SMILES string of the molecule is CC1([C@@H](N)c2cc(F)c(C(F)(F)F)cc2F)CC(O)(I)C1. The Hall–Kier alpha value is -0.480. The smallest absolute Gasteiger partial charge is 0.380 e. The minimum Gasteiger partial charge on any atom is -0.380 e. The summed E-state index contributed by atoms with van der Waals surface area (Å²) in [6.07, 6.45) is -4.45. The third kappa shape index (κ3) is 3.16. The predicted octanol–water partition coefficient (Wildman–Crippen LogP) is 3.91. The van der Waals surface area contributed by atoms with Gasteiger partial charge >= 0.3 is 6.18 Å². The van der Waals surface area contributed by atoms with E-state index in [1.165, 1.54) is 0 Å². The molecule has 0 aliphatic heterocycles. The molecule has 1 fully saturated rings. The maximum absolute atomic E-state index is 13.9. The second kappa shape index (κ2) is 5.02. The molecule has 0 radical (unpaired) electrons. The van der Waals surface area contributed by atoms with Crippen molar-refractivity contribution < 1.29 is 27.1 Å². The Balaban J connectivity index is 2.36. The molecule has 1 aromatic rings. The van der Waals surface area contributed by atoms with Crippen LogP contribution in [0.5, 0.6) is 0 Å². The third-order valence-electron chi connectivity index (χ3n) is 3.83. The number of hydrogen-bond acceptors (Lipinski definition) is 2. The Kier molecular flexibility index (Phi) is 4.04. The fraction of sp³-hybridized carbons (Fsp3) is 0.538. The molecule has 0 bridgehead atoms.